The molecule has 2 heterocycles. The first-order valence-electron chi connectivity index (χ1n) is 22.0. The topological polar surface area (TPSA) is 267 Å². The lowest BCUT2D eigenvalue weighted by molar-refractivity contribution is -0.350. The number of carbonyl (C=O) groups is 9. The van der Waals surface area contributed by atoms with Crippen LogP contribution in [0.15, 0.2) is 91.0 Å². The van der Waals surface area contributed by atoms with Crippen LogP contribution in [0.5, 0.6) is 0 Å². The number of benzene rings is 3. The summed E-state index contributed by atoms with van der Waals surface area (Å²) in [6.07, 6.45) is -22.0. The molecule has 0 bridgehead atoms. The van der Waals surface area contributed by atoms with Gasteiger partial charge < -0.3 is 57.4 Å². The van der Waals surface area contributed by atoms with Crippen LogP contribution in [0.2, 0.25) is 0 Å². The summed E-state index contributed by atoms with van der Waals surface area (Å²) < 4.78 is 106. The van der Waals surface area contributed by atoms with Crippen LogP contribution in [-0.4, -0.2) is 153 Å². The zero-order valence-corrected chi connectivity index (χ0v) is 40.6. The molecule has 3 aromatic carbocycles. The Hall–Kier alpha value is -7.09. The third kappa shape index (κ3) is 15.2. The van der Waals surface area contributed by atoms with Crippen LogP contribution >= 0.6 is 11.8 Å². The van der Waals surface area contributed by atoms with Crippen molar-refractivity contribution in [1.82, 2.24) is 5.32 Å². The van der Waals surface area contributed by atoms with Crippen molar-refractivity contribution in [2.45, 2.75) is 106 Å². The Morgan fingerprint density at radius 1 is 0.685 bits per heavy atom. The highest BCUT2D eigenvalue weighted by Gasteiger charge is 2.64. The molecule has 0 aliphatic carbocycles. The molecule has 0 aromatic heterocycles. The minimum atomic E-state index is -5.66. The van der Waals surface area contributed by atoms with Crippen molar-refractivity contribution in [1.29, 1.82) is 0 Å². The molecule has 73 heavy (non-hydrogen) atoms. The van der Waals surface area contributed by atoms with Gasteiger partial charge in [-0.25, -0.2) is 19.2 Å². The maximum Gasteiger partial charge on any atom is 0.471 e. The summed E-state index contributed by atoms with van der Waals surface area (Å²) in [5, 5.41) is 1.64. The number of nitrogens with one attached hydrogen (secondary N) is 1. The minimum Gasteiger partial charge on any atom is -0.465 e. The molecule has 0 saturated carbocycles. The number of halogens is 3. The number of thioether (sulfide) groups is 1. The SMILES string of the molecule is COC(=O)[C@@]1(O[C@H]2[C@@H](OC(=O)c3ccccc3)[C@@H](COC(=O)c3ccccc3)O[C@@H](SC)[C@@H]2OC(=O)c2ccccc2)C[C@H](OC(C)=O)[C@@H](NC(=O)C(F)(F)F)[C@H]([C@H](OC(C)=O)[C@@H](COC(C)=O)OC(C)=O)O1. The second-order valence-electron chi connectivity index (χ2n) is 16.0. The molecule has 21 nitrogen and oxygen atoms in total. The van der Waals surface area contributed by atoms with E-state index >= 15 is 0 Å². The third-order valence-corrected chi connectivity index (χ3v) is 11.6. The van der Waals surface area contributed by atoms with Gasteiger partial charge in [-0.3, -0.25) is 24.0 Å². The smallest absolute Gasteiger partial charge is 0.465 e. The zero-order chi connectivity index (χ0) is 53.6. The van der Waals surface area contributed by atoms with Gasteiger partial charge in [0.15, 0.2) is 24.4 Å². The second kappa shape index (κ2) is 25.5. The molecule has 0 radical (unpaired) electrons. The van der Waals surface area contributed by atoms with Gasteiger partial charge in [0, 0.05) is 27.7 Å². The van der Waals surface area contributed by atoms with Gasteiger partial charge in [0.1, 0.15) is 43.1 Å². The summed E-state index contributed by atoms with van der Waals surface area (Å²) in [6, 6.07) is 19.9. The Labute approximate surface area is 418 Å². The summed E-state index contributed by atoms with van der Waals surface area (Å²) in [5.41, 5.74) is -1.44. The van der Waals surface area contributed by atoms with Crippen molar-refractivity contribution in [3.05, 3.63) is 108 Å². The third-order valence-electron chi connectivity index (χ3n) is 10.7. The molecule has 0 unspecified atom stereocenters. The Morgan fingerprint density at radius 2 is 1.21 bits per heavy atom. The molecule has 2 aliphatic heterocycles. The van der Waals surface area contributed by atoms with Gasteiger partial charge >= 0.3 is 59.8 Å². The Balaban J connectivity index is 1.79. The van der Waals surface area contributed by atoms with E-state index in [-0.39, 0.29) is 16.7 Å². The Kier molecular flexibility index (Phi) is 19.9. The molecule has 1 N–H and O–H groups in total. The minimum absolute atomic E-state index is 0.0406. The predicted octanol–water partition coefficient (Wildman–Crippen LogP) is 3.83. The highest BCUT2D eigenvalue weighted by molar-refractivity contribution is 7.99. The lowest BCUT2D eigenvalue weighted by Gasteiger charge is -2.51. The van der Waals surface area contributed by atoms with E-state index in [1.54, 1.807) is 35.6 Å². The molecule has 25 heteroatoms. The van der Waals surface area contributed by atoms with Crippen molar-refractivity contribution in [2.24, 2.45) is 0 Å². The number of hydrogen-bond acceptors (Lipinski definition) is 21. The lowest BCUT2D eigenvalue weighted by atomic mass is 9.87. The van der Waals surface area contributed by atoms with Gasteiger partial charge in [-0.2, -0.15) is 13.2 Å². The summed E-state index contributed by atoms with van der Waals surface area (Å²) in [5.74, 6) is -15.2. The summed E-state index contributed by atoms with van der Waals surface area (Å²) in [4.78, 5) is 120. The number of hydrogen-bond donors (Lipinski definition) is 1. The van der Waals surface area contributed by atoms with Gasteiger partial charge in [-0.1, -0.05) is 54.6 Å². The zero-order valence-electron chi connectivity index (χ0n) is 39.8. The first-order chi connectivity index (χ1) is 34.6. The molecular formula is C48H50F3NO20S. The van der Waals surface area contributed by atoms with Crippen LogP contribution in [0.3, 0.4) is 0 Å². The maximum absolute atomic E-state index is 14.7. The van der Waals surface area contributed by atoms with Crippen LogP contribution in [-0.2, 0) is 80.9 Å². The quantitative estimate of drug-likeness (QED) is 0.132. The molecule has 2 aliphatic rings. The number of carbonyl (C=O) groups excluding carboxylic acids is 9. The van der Waals surface area contributed by atoms with Crippen molar-refractivity contribution in [3.63, 3.8) is 0 Å². The van der Waals surface area contributed by atoms with E-state index in [1.165, 1.54) is 66.9 Å². The van der Waals surface area contributed by atoms with Crippen LogP contribution in [0, 0.1) is 0 Å². The average molecular weight is 1050 g/mol. The fourth-order valence-electron chi connectivity index (χ4n) is 7.69. The highest BCUT2D eigenvalue weighted by atomic mass is 32.2. The van der Waals surface area contributed by atoms with E-state index in [0.29, 0.717) is 0 Å². The monoisotopic (exact) mass is 1050 g/mol. The first-order valence-corrected chi connectivity index (χ1v) is 23.2. The van der Waals surface area contributed by atoms with Gasteiger partial charge in [0.05, 0.1) is 36.3 Å². The van der Waals surface area contributed by atoms with Gasteiger partial charge in [0.2, 0.25) is 0 Å². The fraction of sp³-hybridized carbons (Fsp3) is 0.438. The van der Waals surface area contributed by atoms with Crippen molar-refractivity contribution < 1.29 is 108 Å². The van der Waals surface area contributed by atoms with Crippen LogP contribution in [0.25, 0.3) is 0 Å². The van der Waals surface area contributed by atoms with Gasteiger partial charge in [0.25, 0.3) is 5.79 Å². The first kappa shape index (κ1) is 56.8. The van der Waals surface area contributed by atoms with Crippen molar-refractivity contribution in [2.75, 3.05) is 26.6 Å². The standard InChI is InChI=1S/C48H50F3NO20S/c1-25(53)63-23-33(66-27(3)55)36(67-28(4)56)38-35(52-45(60)48(49,50)51)32(65-26(2)54)22-47(71-38,46(61)62-5)72-39-37(69-42(58)30-18-12-8-13-19-30)34(24-64-41(57)29-16-10-7-11-17-29)68-44(73-6)40(39)70-43(59)31-20-14-9-15-21-31/h7-21,32-40,44H,22-24H2,1-6H3,(H,52,60)/t32-,33+,34+,35+,36+,37-,38+,39-,40+,44-,47-/m0/s1. The molecule has 2 saturated heterocycles. The van der Waals surface area contributed by atoms with E-state index in [0.717, 1.165) is 46.6 Å². The van der Waals surface area contributed by atoms with Crippen molar-refractivity contribution >= 4 is 65.4 Å². The largest absolute Gasteiger partial charge is 0.471 e. The predicted molar refractivity (Wildman–Crippen MR) is 241 cm³/mol. The second-order valence-corrected chi connectivity index (χ2v) is 16.9. The number of rotatable bonds is 19. The van der Waals surface area contributed by atoms with Crippen LogP contribution in [0.1, 0.15) is 65.2 Å². The van der Waals surface area contributed by atoms with E-state index < -0.39 is 146 Å². The van der Waals surface area contributed by atoms with E-state index in [4.69, 9.17) is 52.1 Å². The lowest BCUT2D eigenvalue weighted by Crippen LogP contribution is -2.72. The van der Waals surface area contributed by atoms with Crippen LogP contribution < -0.4 is 5.32 Å². The molecule has 11 atom stereocenters. The molecule has 5 rings (SSSR count). The Bertz CT molecular complexity index is 2450. The normalized spacial score (nSPS) is 24.5. The molecular weight excluding hydrogens is 1000 g/mol. The highest BCUT2D eigenvalue weighted by Crippen LogP contribution is 2.43. The van der Waals surface area contributed by atoms with Gasteiger partial charge in [-0.15, -0.1) is 11.8 Å². The number of ether oxygens (including phenoxy) is 11. The van der Waals surface area contributed by atoms with E-state index in [1.807, 2.05) is 0 Å². The molecule has 394 valence electrons. The average Bonchev–Trinajstić information content (AvgIpc) is 3.35. The number of alkyl halides is 3. The van der Waals surface area contributed by atoms with Gasteiger partial charge in [-0.05, 0) is 42.7 Å². The fourth-order valence-corrected chi connectivity index (χ4v) is 8.42. The number of amides is 1. The van der Waals surface area contributed by atoms with E-state index in [9.17, 15) is 56.3 Å². The molecule has 2 fully saturated rings. The Morgan fingerprint density at radius 3 is 1.67 bits per heavy atom. The number of methoxy groups -OCH3 is 1. The summed E-state index contributed by atoms with van der Waals surface area (Å²) >= 11 is 0.881. The molecule has 1 amide bonds. The maximum atomic E-state index is 14.7. The summed E-state index contributed by atoms with van der Waals surface area (Å²) in [6.45, 7) is 1.63. The molecule has 0 spiro atoms. The van der Waals surface area contributed by atoms with Crippen LogP contribution in [0.4, 0.5) is 13.2 Å². The molecule has 3 aromatic rings. The number of esters is 8. The summed E-state index contributed by atoms with van der Waals surface area (Å²) in [7, 11) is 0.802. The van der Waals surface area contributed by atoms with E-state index in [2.05, 4.69) is 0 Å². The van der Waals surface area contributed by atoms with Crippen molar-refractivity contribution in [3.8, 4) is 0 Å².